The maximum absolute atomic E-state index is 8.47. The predicted octanol–water partition coefficient (Wildman–Crippen LogP) is 3.59. The lowest BCUT2D eigenvalue weighted by atomic mass is 10.1. The maximum Gasteiger partial charge on any atom is 0.117 e. The molecule has 16 heavy (non-hydrogen) atoms. The van der Waals surface area contributed by atoms with Gasteiger partial charge in [-0.3, -0.25) is 0 Å². The van der Waals surface area contributed by atoms with Gasteiger partial charge in [0.05, 0.1) is 6.21 Å². The quantitative estimate of drug-likeness (QED) is 0.269. The van der Waals surface area contributed by atoms with Gasteiger partial charge in [0.25, 0.3) is 0 Å². The molecule has 0 saturated carbocycles. The van der Waals surface area contributed by atoms with Gasteiger partial charge in [-0.15, -0.1) is 0 Å². The smallest absolute Gasteiger partial charge is 0.117 e. The molecule has 0 atom stereocenters. The Balaban J connectivity index is 3.75. The summed E-state index contributed by atoms with van der Waals surface area (Å²) in [4.78, 5) is 5.17. The summed E-state index contributed by atoms with van der Waals surface area (Å²) in [7, 11) is 0. The van der Waals surface area contributed by atoms with Gasteiger partial charge in [0.2, 0.25) is 0 Å². The van der Waals surface area contributed by atoms with Crippen molar-refractivity contribution in [1.82, 2.24) is 0 Å². The molecule has 0 aromatic rings. The monoisotopic (exact) mass is 228 g/mol. The summed E-state index contributed by atoms with van der Waals surface area (Å²) in [6.07, 6.45) is 8.91. The van der Waals surface area contributed by atoms with Crippen molar-refractivity contribution in [2.45, 2.75) is 58.8 Å². The van der Waals surface area contributed by atoms with E-state index in [9.17, 15) is 0 Å². The summed E-state index contributed by atoms with van der Waals surface area (Å²) in [6.45, 7) is 4.94. The van der Waals surface area contributed by atoms with Crippen LogP contribution in [0.15, 0.2) is 10.3 Å². The van der Waals surface area contributed by atoms with Crippen LogP contribution in [0.5, 0.6) is 0 Å². The van der Waals surface area contributed by atoms with Crippen molar-refractivity contribution in [3.8, 4) is 0 Å². The highest BCUT2D eigenvalue weighted by Gasteiger charge is 1.97. The number of oxime groups is 2. The van der Waals surface area contributed by atoms with E-state index in [2.05, 4.69) is 24.2 Å². The third kappa shape index (κ3) is 9.49. The molecule has 0 unspecified atom stereocenters. The lowest BCUT2D eigenvalue weighted by Gasteiger charge is -2.01. The molecule has 0 aliphatic heterocycles. The molecule has 0 aromatic carbocycles. The van der Waals surface area contributed by atoms with Gasteiger partial charge in [0.15, 0.2) is 0 Å². The molecule has 4 heteroatoms. The van der Waals surface area contributed by atoms with Crippen LogP contribution in [0.1, 0.15) is 58.8 Å². The van der Waals surface area contributed by atoms with Gasteiger partial charge in [-0.05, 0) is 19.3 Å². The molecule has 1 N–H and O–H groups in total. The highest BCUT2D eigenvalue weighted by Crippen LogP contribution is 2.01. The van der Waals surface area contributed by atoms with Gasteiger partial charge < -0.3 is 10.0 Å². The zero-order valence-corrected chi connectivity index (χ0v) is 10.5. The van der Waals surface area contributed by atoms with E-state index in [4.69, 9.17) is 10.0 Å². The lowest BCUT2D eigenvalue weighted by Crippen LogP contribution is -2.02. The fraction of sp³-hybridized carbons (Fsp3) is 0.833. The summed E-state index contributed by atoms with van der Waals surface area (Å²) in [5.41, 5.74) is 0.715. The highest BCUT2D eigenvalue weighted by atomic mass is 16.6. The second-order valence-corrected chi connectivity index (χ2v) is 3.82. The van der Waals surface area contributed by atoms with Crippen LogP contribution in [0.3, 0.4) is 0 Å². The van der Waals surface area contributed by atoms with Crippen molar-refractivity contribution >= 4 is 11.9 Å². The van der Waals surface area contributed by atoms with Crippen LogP contribution in [0, 0.1) is 0 Å². The van der Waals surface area contributed by atoms with E-state index in [1.54, 1.807) is 0 Å². The molecular formula is C12H24N2O2. The van der Waals surface area contributed by atoms with Crippen LogP contribution in [-0.4, -0.2) is 23.7 Å². The molecular weight excluding hydrogens is 204 g/mol. The summed E-state index contributed by atoms with van der Waals surface area (Å²) >= 11 is 0. The van der Waals surface area contributed by atoms with Crippen molar-refractivity contribution < 1.29 is 10.0 Å². The van der Waals surface area contributed by atoms with Crippen molar-refractivity contribution in [3.05, 3.63) is 0 Å². The van der Waals surface area contributed by atoms with E-state index in [1.807, 2.05) is 0 Å². The second kappa shape index (κ2) is 12.0. The summed E-state index contributed by atoms with van der Waals surface area (Å²) < 4.78 is 0. The number of hydrogen-bond donors (Lipinski definition) is 1. The minimum absolute atomic E-state index is 0.643. The Labute approximate surface area is 98.4 Å². The molecule has 0 aliphatic rings. The Hall–Kier alpha value is -1.06. The zero-order valence-electron chi connectivity index (χ0n) is 10.5. The SMILES string of the molecule is CCCCCON=C(C=NO)CCCCC. The van der Waals surface area contributed by atoms with Crippen LogP contribution in [0.2, 0.25) is 0 Å². The third-order valence-electron chi connectivity index (χ3n) is 2.26. The highest BCUT2D eigenvalue weighted by molar-refractivity contribution is 6.30. The van der Waals surface area contributed by atoms with Gasteiger partial charge in [0, 0.05) is 0 Å². The van der Waals surface area contributed by atoms with E-state index < -0.39 is 0 Å². The lowest BCUT2D eigenvalue weighted by molar-refractivity contribution is 0.140. The fourth-order valence-electron chi connectivity index (χ4n) is 1.30. The van der Waals surface area contributed by atoms with Crippen molar-refractivity contribution in [2.75, 3.05) is 6.61 Å². The van der Waals surface area contributed by atoms with E-state index in [0.717, 1.165) is 32.1 Å². The molecule has 0 amide bonds. The molecule has 0 aliphatic carbocycles. The van der Waals surface area contributed by atoms with Gasteiger partial charge >= 0.3 is 0 Å². The van der Waals surface area contributed by atoms with Crippen LogP contribution in [0.4, 0.5) is 0 Å². The first-order valence-electron chi connectivity index (χ1n) is 6.21. The molecule has 0 bridgehead atoms. The maximum atomic E-state index is 8.47. The Morgan fingerprint density at radius 2 is 1.81 bits per heavy atom. The number of unbranched alkanes of at least 4 members (excludes halogenated alkanes) is 4. The van der Waals surface area contributed by atoms with E-state index in [1.165, 1.54) is 19.1 Å². The third-order valence-corrected chi connectivity index (χ3v) is 2.26. The molecule has 0 heterocycles. The molecule has 0 fully saturated rings. The predicted molar refractivity (Wildman–Crippen MR) is 67.3 cm³/mol. The first-order valence-corrected chi connectivity index (χ1v) is 6.21. The Bertz CT molecular complexity index is 203. The number of hydrogen-bond acceptors (Lipinski definition) is 4. The molecule has 0 radical (unpaired) electrons. The second-order valence-electron chi connectivity index (χ2n) is 3.82. The van der Waals surface area contributed by atoms with E-state index in [0.29, 0.717) is 12.3 Å². The van der Waals surface area contributed by atoms with Crippen molar-refractivity contribution in [1.29, 1.82) is 0 Å². The fourth-order valence-corrected chi connectivity index (χ4v) is 1.30. The van der Waals surface area contributed by atoms with Crippen molar-refractivity contribution in [3.63, 3.8) is 0 Å². The standard InChI is InChI=1S/C12H24N2O2/c1-3-5-7-9-12(11-13-15)14-16-10-8-6-4-2/h11,15H,3-10H2,1-2H3. The largest absolute Gasteiger partial charge is 0.411 e. The molecule has 94 valence electrons. The Kier molecular flexibility index (Phi) is 11.2. The average molecular weight is 228 g/mol. The average Bonchev–Trinajstić information content (AvgIpc) is 2.29. The first kappa shape index (κ1) is 14.9. The first-order chi connectivity index (χ1) is 7.85. The summed E-state index contributed by atoms with van der Waals surface area (Å²) in [6, 6.07) is 0. The van der Waals surface area contributed by atoms with Gasteiger partial charge in [0.1, 0.15) is 12.3 Å². The molecule has 4 nitrogen and oxygen atoms in total. The zero-order chi connectivity index (χ0) is 12.1. The molecule has 0 rings (SSSR count). The van der Waals surface area contributed by atoms with Crippen molar-refractivity contribution in [2.24, 2.45) is 10.3 Å². The van der Waals surface area contributed by atoms with Gasteiger partial charge in [-0.1, -0.05) is 49.8 Å². The topological polar surface area (TPSA) is 54.2 Å². The van der Waals surface area contributed by atoms with Crippen LogP contribution >= 0.6 is 0 Å². The normalized spacial score (nSPS) is 12.2. The number of rotatable bonds is 10. The van der Waals surface area contributed by atoms with E-state index in [-0.39, 0.29) is 0 Å². The van der Waals surface area contributed by atoms with Crippen LogP contribution in [0.25, 0.3) is 0 Å². The molecule has 0 spiro atoms. The van der Waals surface area contributed by atoms with Crippen LogP contribution in [-0.2, 0) is 4.84 Å². The number of nitrogens with zero attached hydrogens (tertiary/aromatic N) is 2. The van der Waals surface area contributed by atoms with E-state index >= 15 is 0 Å². The summed E-state index contributed by atoms with van der Waals surface area (Å²) in [5, 5.41) is 15.4. The molecule has 0 saturated heterocycles. The van der Waals surface area contributed by atoms with Crippen LogP contribution < -0.4 is 0 Å². The summed E-state index contributed by atoms with van der Waals surface area (Å²) in [5.74, 6) is 0. The molecule has 0 aromatic heterocycles. The Morgan fingerprint density at radius 3 is 2.44 bits per heavy atom. The van der Waals surface area contributed by atoms with Gasteiger partial charge in [-0.25, -0.2) is 0 Å². The minimum Gasteiger partial charge on any atom is -0.411 e. The Morgan fingerprint density at radius 1 is 1.12 bits per heavy atom. The van der Waals surface area contributed by atoms with Gasteiger partial charge in [-0.2, -0.15) is 0 Å². The minimum atomic E-state index is 0.643.